The average Bonchev–Trinajstić information content (AvgIpc) is 3.33. The largest absolute Gasteiger partial charge is 0.493 e. The molecule has 1 N–H and O–H groups in total. The van der Waals surface area contributed by atoms with E-state index in [1.54, 1.807) is 47.8 Å². The predicted molar refractivity (Wildman–Crippen MR) is 155 cm³/mol. The Bertz CT molecular complexity index is 1340. The molecule has 4 rings (SSSR count). The van der Waals surface area contributed by atoms with E-state index in [-0.39, 0.29) is 6.61 Å². The number of methoxy groups -OCH3 is 1. The second-order valence-corrected chi connectivity index (χ2v) is 10.8. The first-order valence-electron chi connectivity index (χ1n) is 12.9. The van der Waals surface area contributed by atoms with E-state index in [2.05, 4.69) is 24.1 Å². The molecule has 1 unspecified atom stereocenters. The molecule has 11 heteroatoms. The first-order valence-corrected chi connectivity index (χ1v) is 14.6. The monoisotopic (exact) mass is 590 g/mol. The van der Waals surface area contributed by atoms with Gasteiger partial charge in [-0.15, -0.1) is 5.10 Å². The van der Waals surface area contributed by atoms with Crippen molar-refractivity contribution in [3.8, 4) is 11.5 Å². The Labute approximate surface area is 243 Å². The number of thioether (sulfide) groups is 1. The van der Waals surface area contributed by atoms with Gasteiger partial charge < -0.3 is 19.5 Å². The van der Waals surface area contributed by atoms with E-state index in [4.69, 9.17) is 42.5 Å². The fraction of sp³-hybridized carbons (Fsp3) is 0.393. The number of allylic oxidation sites excluding steroid dienone is 1. The number of anilines is 1. The molecule has 0 spiro atoms. The van der Waals surface area contributed by atoms with E-state index in [0.717, 1.165) is 30.6 Å². The number of nitrogens with one attached hydrogen (secondary N) is 1. The molecule has 2 heterocycles. The van der Waals surface area contributed by atoms with Crippen LogP contribution in [0.1, 0.15) is 57.2 Å². The highest BCUT2D eigenvalue weighted by molar-refractivity contribution is 7.99. The van der Waals surface area contributed by atoms with Crippen LogP contribution in [-0.4, -0.2) is 40.2 Å². The number of ether oxygens (including phenoxy) is 3. The van der Waals surface area contributed by atoms with Crippen LogP contribution in [0.25, 0.3) is 0 Å². The topological polar surface area (TPSA) is 87.5 Å². The van der Waals surface area contributed by atoms with Crippen molar-refractivity contribution >= 4 is 46.9 Å². The molecule has 0 bridgehead atoms. The van der Waals surface area contributed by atoms with Crippen molar-refractivity contribution < 1.29 is 19.0 Å². The van der Waals surface area contributed by atoms with Crippen molar-refractivity contribution in [2.24, 2.45) is 0 Å². The number of hydrogen-bond acceptors (Lipinski definition) is 8. The van der Waals surface area contributed by atoms with Crippen LogP contribution in [0.5, 0.6) is 11.5 Å². The van der Waals surface area contributed by atoms with Crippen LogP contribution >= 0.6 is 35.0 Å². The molecule has 0 radical (unpaired) electrons. The molecule has 2 aromatic carbocycles. The predicted octanol–water partition coefficient (Wildman–Crippen LogP) is 7.31. The fourth-order valence-electron chi connectivity index (χ4n) is 4.14. The highest BCUT2D eigenvalue weighted by Crippen LogP contribution is 2.40. The SMILES string of the molecule is CCCCOC(=O)C1=C(C)Nc2nc(SCCC)nn2C1c1ccc(OCc2c(Cl)cccc2Cl)c(OC)c1. The van der Waals surface area contributed by atoms with Gasteiger partial charge in [-0.05, 0) is 49.6 Å². The minimum atomic E-state index is -0.570. The van der Waals surface area contributed by atoms with Crippen molar-refractivity contribution in [2.45, 2.75) is 57.8 Å². The second-order valence-electron chi connectivity index (χ2n) is 8.97. The van der Waals surface area contributed by atoms with Gasteiger partial charge >= 0.3 is 5.97 Å². The molecule has 8 nitrogen and oxygen atoms in total. The number of carbonyl (C=O) groups is 1. The molecule has 0 saturated carbocycles. The molecular formula is C28H32Cl2N4O4S. The van der Waals surface area contributed by atoms with Crippen LogP contribution in [0, 0.1) is 0 Å². The number of hydrogen-bond donors (Lipinski definition) is 1. The zero-order valence-corrected chi connectivity index (χ0v) is 24.8. The average molecular weight is 592 g/mol. The number of nitrogens with zero attached hydrogens (tertiary/aromatic N) is 3. The van der Waals surface area contributed by atoms with Gasteiger partial charge in [0.2, 0.25) is 11.1 Å². The maximum absolute atomic E-state index is 13.3. The Balaban J connectivity index is 1.70. The summed E-state index contributed by atoms with van der Waals surface area (Å²) in [6, 6.07) is 10.3. The highest BCUT2D eigenvalue weighted by atomic mass is 35.5. The van der Waals surface area contributed by atoms with Crippen LogP contribution in [-0.2, 0) is 16.1 Å². The van der Waals surface area contributed by atoms with Gasteiger partial charge in [0, 0.05) is 27.1 Å². The summed E-state index contributed by atoms with van der Waals surface area (Å²) in [4.78, 5) is 18.0. The number of aromatic nitrogens is 3. The van der Waals surface area contributed by atoms with Gasteiger partial charge in [0.1, 0.15) is 12.6 Å². The normalized spacial score (nSPS) is 14.6. The molecule has 1 aliphatic rings. The Kier molecular flexibility index (Phi) is 10.0. The lowest BCUT2D eigenvalue weighted by Gasteiger charge is -2.28. The van der Waals surface area contributed by atoms with Crippen LogP contribution in [0.4, 0.5) is 5.95 Å². The number of halogens is 2. The van der Waals surface area contributed by atoms with E-state index in [9.17, 15) is 4.79 Å². The summed E-state index contributed by atoms with van der Waals surface area (Å²) >= 11 is 14.2. The molecule has 1 atom stereocenters. The van der Waals surface area contributed by atoms with Crippen LogP contribution in [0.3, 0.4) is 0 Å². The number of benzene rings is 2. The minimum absolute atomic E-state index is 0.167. The maximum atomic E-state index is 13.3. The lowest BCUT2D eigenvalue weighted by molar-refractivity contribution is -0.139. The molecule has 0 fully saturated rings. The third kappa shape index (κ3) is 6.65. The summed E-state index contributed by atoms with van der Waals surface area (Å²) in [5, 5.41) is 9.67. The summed E-state index contributed by atoms with van der Waals surface area (Å²) in [5.41, 5.74) is 2.59. The van der Waals surface area contributed by atoms with Crippen LogP contribution in [0.2, 0.25) is 10.0 Å². The van der Waals surface area contributed by atoms with Gasteiger partial charge in [0.05, 0.1) is 19.3 Å². The van der Waals surface area contributed by atoms with Gasteiger partial charge in [0.15, 0.2) is 11.5 Å². The van der Waals surface area contributed by atoms with Crippen molar-refractivity contribution in [3.63, 3.8) is 0 Å². The molecule has 3 aromatic rings. The Morgan fingerprint density at radius 2 is 1.90 bits per heavy atom. The van der Waals surface area contributed by atoms with Crippen molar-refractivity contribution in [1.29, 1.82) is 0 Å². The Hall–Kier alpha value is -2.88. The Morgan fingerprint density at radius 3 is 2.59 bits per heavy atom. The molecule has 1 aromatic heterocycles. The van der Waals surface area contributed by atoms with E-state index >= 15 is 0 Å². The van der Waals surface area contributed by atoms with Crippen LogP contribution in [0.15, 0.2) is 52.8 Å². The summed E-state index contributed by atoms with van der Waals surface area (Å²) < 4.78 is 19.1. The molecule has 0 aliphatic carbocycles. The highest BCUT2D eigenvalue weighted by Gasteiger charge is 2.35. The lowest BCUT2D eigenvalue weighted by Crippen LogP contribution is -2.29. The molecule has 39 heavy (non-hydrogen) atoms. The van der Waals surface area contributed by atoms with E-state index in [1.165, 1.54) is 0 Å². The zero-order chi connectivity index (χ0) is 27.9. The summed E-state index contributed by atoms with van der Waals surface area (Å²) in [6.07, 6.45) is 2.71. The molecular weight excluding hydrogens is 559 g/mol. The first kappa shape index (κ1) is 29.1. The smallest absolute Gasteiger partial charge is 0.338 e. The third-order valence-corrected chi connectivity index (χ3v) is 7.91. The van der Waals surface area contributed by atoms with Gasteiger partial charge in [0.25, 0.3) is 0 Å². The van der Waals surface area contributed by atoms with Crippen molar-refractivity contribution in [2.75, 3.05) is 24.8 Å². The van der Waals surface area contributed by atoms with Gasteiger partial charge in [-0.25, -0.2) is 9.48 Å². The van der Waals surface area contributed by atoms with E-state index in [0.29, 0.717) is 56.1 Å². The summed E-state index contributed by atoms with van der Waals surface area (Å²) in [6.45, 7) is 6.52. The molecule has 0 amide bonds. The zero-order valence-electron chi connectivity index (χ0n) is 22.4. The molecule has 0 saturated heterocycles. The summed E-state index contributed by atoms with van der Waals surface area (Å²) in [7, 11) is 1.57. The standard InChI is InChI=1S/C28H32Cl2N4O4S/c1-5-7-13-37-26(35)24-17(3)31-27-32-28(39-14-6-2)33-34(27)25(24)18-11-12-22(23(15-18)36-4)38-16-19-20(29)9-8-10-21(19)30/h8-12,15,25H,5-7,13-14,16H2,1-4H3,(H,31,32,33). The lowest BCUT2D eigenvalue weighted by atomic mass is 9.95. The van der Waals surface area contributed by atoms with Crippen molar-refractivity contribution in [1.82, 2.24) is 14.8 Å². The van der Waals surface area contributed by atoms with Gasteiger partial charge in [-0.1, -0.05) is 67.4 Å². The van der Waals surface area contributed by atoms with Crippen LogP contribution < -0.4 is 14.8 Å². The summed E-state index contributed by atoms with van der Waals surface area (Å²) in [5.74, 6) is 2.07. The van der Waals surface area contributed by atoms with E-state index in [1.807, 2.05) is 19.1 Å². The molecule has 208 valence electrons. The quantitative estimate of drug-likeness (QED) is 0.133. The third-order valence-electron chi connectivity index (χ3n) is 6.16. The first-order chi connectivity index (χ1) is 18.9. The fourth-order valence-corrected chi connectivity index (χ4v) is 5.33. The number of unbranched alkanes of at least 4 members (excludes halogenated alkanes) is 1. The number of esters is 1. The van der Waals surface area contributed by atoms with Gasteiger partial charge in [-0.3, -0.25) is 0 Å². The Morgan fingerprint density at radius 1 is 1.13 bits per heavy atom. The number of carbonyl (C=O) groups excluding carboxylic acids is 1. The number of rotatable bonds is 12. The van der Waals surface area contributed by atoms with Gasteiger partial charge in [-0.2, -0.15) is 4.98 Å². The minimum Gasteiger partial charge on any atom is -0.493 e. The second kappa shape index (κ2) is 13.5. The number of fused-ring (bicyclic) bond motifs is 1. The van der Waals surface area contributed by atoms with Crippen molar-refractivity contribution in [3.05, 3.63) is 68.8 Å². The molecule has 1 aliphatic heterocycles. The maximum Gasteiger partial charge on any atom is 0.338 e. The van der Waals surface area contributed by atoms with E-state index < -0.39 is 12.0 Å².